The maximum Gasteiger partial charge on any atom is 0.223 e. The Morgan fingerprint density at radius 2 is 1.73 bits per heavy atom. The van der Waals surface area contributed by atoms with E-state index in [1.165, 1.54) is 6.26 Å². The molecule has 2 fully saturated rings. The number of likely N-dealkylation sites (tertiary alicyclic amines) is 1. The lowest BCUT2D eigenvalue weighted by Crippen LogP contribution is -2.58. The van der Waals surface area contributed by atoms with Crippen LogP contribution in [0.2, 0.25) is 0 Å². The number of carbonyl (C=O) groups is 1. The Balaban J connectivity index is 2.05. The highest BCUT2D eigenvalue weighted by Crippen LogP contribution is 2.31. The second-order valence-electron chi connectivity index (χ2n) is 7.00. The number of sulfone groups is 1. The van der Waals surface area contributed by atoms with Gasteiger partial charge in [0.1, 0.15) is 9.84 Å². The third kappa shape index (κ3) is 4.43. The molecule has 0 aromatic heterocycles. The summed E-state index contributed by atoms with van der Waals surface area (Å²) >= 11 is 0. The van der Waals surface area contributed by atoms with Crippen molar-refractivity contribution in [1.29, 1.82) is 0 Å². The van der Waals surface area contributed by atoms with Gasteiger partial charge in [0.15, 0.2) is 0 Å². The molecule has 0 aromatic rings. The molecule has 0 N–H and O–H groups in total. The first-order chi connectivity index (χ1) is 10.2. The largest absolute Gasteiger partial charge is 0.341 e. The first-order valence-electron chi connectivity index (χ1n) is 8.07. The number of hydrogen-bond acceptors (Lipinski definition) is 5. The molecule has 0 aliphatic carbocycles. The average molecular weight is 331 g/mol. The minimum atomic E-state index is -3.08. The summed E-state index contributed by atoms with van der Waals surface area (Å²) in [5.41, 5.74) is 0.0593. The molecule has 2 aliphatic heterocycles. The van der Waals surface area contributed by atoms with E-state index in [9.17, 15) is 13.2 Å². The van der Waals surface area contributed by atoms with Crippen LogP contribution in [0.1, 0.15) is 25.7 Å². The molecule has 2 aliphatic rings. The molecular weight excluding hydrogens is 302 g/mol. The second kappa shape index (κ2) is 6.84. The molecule has 7 heteroatoms. The molecule has 22 heavy (non-hydrogen) atoms. The SMILES string of the molecule is CN1CCC2(CC1)CN(C(=O)CCS(C)(=O)=O)CCCN2C. The van der Waals surface area contributed by atoms with Gasteiger partial charge in [-0.1, -0.05) is 0 Å². The van der Waals surface area contributed by atoms with Gasteiger partial charge >= 0.3 is 0 Å². The predicted octanol–water partition coefficient (Wildman–Crippen LogP) is 0.0496. The summed E-state index contributed by atoms with van der Waals surface area (Å²) in [5, 5.41) is 0. The maximum absolute atomic E-state index is 12.4. The van der Waals surface area contributed by atoms with E-state index in [-0.39, 0.29) is 23.6 Å². The van der Waals surface area contributed by atoms with Crippen molar-refractivity contribution in [2.75, 3.05) is 58.8 Å². The van der Waals surface area contributed by atoms with Gasteiger partial charge in [-0.25, -0.2) is 8.42 Å². The zero-order chi connectivity index (χ0) is 16.4. The Kier molecular flexibility index (Phi) is 5.50. The standard InChI is InChI=1S/C15H29N3O3S/c1-16-10-6-15(7-11-16)13-18(9-4-8-17(15)2)14(19)5-12-22(3,20)21/h4-13H2,1-3H3. The highest BCUT2D eigenvalue weighted by atomic mass is 32.2. The summed E-state index contributed by atoms with van der Waals surface area (Å²) in [7, 11) is 1.22. The lowest BCUT2D eigenvalue weighted by Gasteiger charge is -2.47. The molecule has 6 nitrogen and oxygen atoms in total. The Hall–Kier alpha value is -0.660. The van der Waals surface area contributed by atoms with Gasteiger partial charge in [-0.2, -0.15) is 0 Å². The van der Waals surface area contributed by atoms with E-state index in [0.29, 0.717) is 0 Å². The van der Waals surface area contributed by atoms with Crippen LogP contribution in [0.4, 0.5) is 0 Å². The van der Waals surface area contributed by atoms with Crippen molar-refractivity contribution in [3.8, 4) is 0 Å². The smallest absolute Gasteiger partial charge is 0.223 e. The van der Waals surface area contributed by atoms with E-state index in [0.717, 1.165) is 52.0 Å². The Morgan fingerprint density at radius 1 is 1.09 bits per heavy atom. The third-order valence-corrected chi connectivity index (χ3v) is 6.12. The summed E-state index contributed by atoms with van der Waals surface area (Å²) in [5.74, 6) is -0.0625. The summed E-state index contributed by atoms with van der Waals surface area (Å²) < 4.78 is 22.6. The van der Waals surface area contributed by atoms with Crippen LogP contribution in [0.15, 0.2) is 0 Å². The van der Waals surface area contributed by atoms with E-state index in [4.69, 9.17) is 0 Å². The van der Waals surface area contributed by atoms with Crippen molar-refractivity contribution in [3.05, 3.63) is 0 Å². The monoisotopic (exact) mass is 331 g/mol. The van der Waals surface area contributed by atoms with Crippen LogP contribution in [0.3, 0.4) is 0 Å². The van der Waals surface area contributed by atoms with Crippen molar-refractivity contribution < 1.29 is 13.2 Å². The van der Waals surface area contributed by atoms with E-state index < -0.39 is 9.84 Å². The molecular formula is C15H29N3O3S. The van der Waals surface area contributed by atoms with Crippen molar-refractivity contribution in [3.63, 3.8) is 0 Å². The second-order valence-corrected chi connectivity index (χ2v) is 9.26. The summed E-state index contributed by atoms with van der Waals surface area (Å²) in [6.07, 6.45) is 4.39. The molecule has 0 aromatic carbocycles. The summed E-state index contributed by atoms with van der Waals surface area (Å²) in [6.45, 7) is 4.58. The fourth-order valence-electron chi connectivity index (χ4n) is 3.51. The molecule has 0 atom stereocenters. The fourth-order valence-corrected chi connectivity index (χ4v) is 4.05. The first kappa shape index (κ1) is 17.7. The number of rotatable bonds is 3. The normalized spacial score (nSPS) is 24.4. The van der Waals surface area contributed by atoms with Crippen LogP contribution < -0.4 is 0 Å². The van der Waals surface area contributed by atoms with E-state index in [2.05, 4.69) is 23.9 Å². The third-order valence-electron chi connectivity index (χ3n) is 5.17. The topological polar surface area (TPSA) is 60.9 Å². The predicted molar refractivity (Wildman–Crippen MR) is 87.6 cm³/mol. The van der Waals surface area contributed by atoms with Gasteiger partial charge in [0.2, 0.25) is 5.91 Å². The van der Waals surface area contributed by atoms with Gasteiger partial charge in [0.25, 0.3) is 0 Å². The quantitative estimate of drug-likeness (QED) is 0.731. The van der Waals surface area contributed by atoms with Crippen LogP contribution in [-0.4, -0.2) is 93.4 Å². The Labute approximate surface area is 134 Å². The Bertz CT molecular complexity index is 498. The lowest BCUT2D eigenvalue weighted by molar-refractivity contribution is -0.132. The highest BCUT2D eigenvalue weighted by molar-refractivity contribution is 7.90. The molecule has 0 radical (unpaired) electrons. The van der Waals surface area contributed by atoms with E-state index in [1.54, 1.807) is 0 Å². The summed E-state index contributed by atoms with van der Waals surface area (Å²) in [6, 6.07) is 0. The molecule has 2 heterocycles. The molecule has 1 spiro atoms. The van der Waals surface area contributed by atoms with Crippen LogP contribution in [0.25, 0.3) is 0 Å². The number of piperidine rings is 1. The molecule has 128 valence electrons. The van der Waals surface area contributed by atoms with Crippen LogP contribution in [0.5, 0.6) is 0 Å². The molecule has 2 saturated heterocycles. The Morgan fingerprint density at radius 3 is 2.32 bits per heavy atom. The number of nitrogens with zero attached hydrogens (tertiary/aromatic N) is 3. The minimum Gasteiger partial charge on any atom is -0.341 e. The lowest BCUT2D eigenvalue weighted by atomic mass is 9.85. The number of likely N-dealkylation sites (N-methyl/N-ethyl adjacent to an activating group) is 1. The zero-order valence-corrected chi connectivity index (χ0v) is 14.9. The molecule has 0 saturated carbocycles. The van der Waals surface area contributed by atoms with E-state index >= 15 is 0 Å². The molecule has 0 unspecified atom stereocenters. The van der Waals surface area contributed by atoms with Gasteiger partial charge in [0.05, 0.1) is 5.75 Å². The maximum atomic E-state index is 12.4. The van der Waals surface area contributed by atoms with Gasteiger partial charge in [-0.3, -0.25) is 9.69 Å². The van der Waals surface area contributed by atoms with Crippen LogP contribution in [-0.2, 0) is 14.6 Å². The van der Waals surface area contributed by atoms with Crippen LogP contribution >= 0.6 is 0 Å². The average Bonchev–Trinajstić information content (AvgIpc) is 2.60. The van der Waals surface area contributed by atoms with E-state index in [1.807, 2.05) is 4.90 Å². The van der Waals surface area contributed by atoms with Crippen molar-refractivity contribution in [2.24, 2.45) is 0 Å². The minimum absolute atomic E-state index is 0.0148. The van der Waals surface area contributed by atoms with Gasteiger partial charge in [-0.05, 0) is 46.4 Å². The van der Waals surface area contributed by atoms with Crippen molar-refractivity contribution in [2.45, 2.75) is 31.2 Å². The first-order valence-corrected chi connectivity index (χ1v) is 10.1. The molecule has 0 bridgehead atoms. The van der Waals surface area contributed by atoms with Gasteiger partial charge < -0.3 is 9.80 Å². The zero-order valence-electron chi connectivity index (χ0n) is 14.0. The number of hydrogen-bond donors (Lipinski definition) is 0. The van der Waals surface area contributed by atoms with Gasteiger partial charge in [0, 0.05) is 37.8 Å². The highest BCUT2D eigenvalue weighted by Gasteiger charge is 2.41. The number of carbonyl (C=O) groups excluding carboxylic acids is 1. The molecule has 2 rings (SSSR count). The van der Waals surface area contributed by atoms with Crippen molar-refractivity contribution >= 4 is 15.7 Å². The fraction of sp³-hybridized carbons (Fsp3) is 0.933. The molecule has 1 amide bonds. The van der Waals surface area contributed by atoms with Crippen molar-refractivity contribution in [1.82, 2.24) is 14.7 Å². The number of amides is 1. The summed E-state index contributed by atoms with van der Waals surface area (Å²) in [4.78, 5) is 19.1. The van der Waals surface area contributed by atoms with Gasteiger partial charge in [-0.15, -0.1) is 0 Å². The van der Waals surface area contributed by atoms with Crippen LogP contribution in [0, 0.1) is 0 Å².